The quantitative estimate of drug-likeness (QED) is 0.0195. The van der Waals surface area contributed by atoms with E-state index >= 15 is 0 Å². The zero-order valence-electron chi connectivity index (χ0n) is 51.6. The highest BCUT2D eigenvalue weighted by atomic mass is 16.7. The Morgan fingerprint density at radius 2 is 0.691 bits per heavy atom. The molecular weight excluding hydrogens is 1010 g/mol. The van der Waals surface area contributed by atoms with E-state index in [0.717, 1.165) is 116 Å². The Morgan fingerprint density at radius 3 is 1.04 bits per heavy atom. The number of unbranched alkanes of at least 4 members (excludes halogenated alkanes) is 12. The van der Waals surface area contributed by atoms with Crippen LogP contribution in [0.4, 0.5) is 0 Å². The van der Waals surface area contributed by atoms with Crippen molar-refractivity contribution < 1.29 is 42.9 Å². The Labute approximate surface area is 495 Å². The van der Waals surface area contributed by atoms with Crippen LogP contribution in [-0.4, -0.2) is 82.3 Å². The van der Waals surface area contributed by atoms with Crippen LogP contribution in [0, 0.1) is 0 Å². The van der Waals surface area contributed by atoms with Crippen molar-refractivity contribution in [3.63, 3.8) is 0 Å². The van der Waals surface area contributed by atoms with Crippen molar-refractivity contribution in [2.75, 3.05) is 47.5 Å². The predicted molar refractivity (Wildman–Crippen MR) is 342 cm³/mol. The summed E-state index contributed by atoms with van der Waals surface area (Å²) in [4.78, 5) is 37.3. The summed E-state index contributed by atoms with van der Waals surface area (Å²) in [5, 5.41) is 11.8. The monoisotopic (exact) mass is 1120 g/mol. The van der Waals surface area contributed by atoms with E-state index in [2.05, 4.69) is 172 Å². The van der Waals surface area contributed by atoms with Crippen molar-refractivity contribution in [3.8, 4) is 0 Å². The molecule has 0 aliphatic rings. The minimum atomic E-state index is -1.65. The van der Waals surface area contributed by atoms with Crippen LogP contribution in [0.15, 0.2) is 170 Å². The summed E-state index contributed by atoms with van der Waals surface area (Å²) in [5.41, 5.74) is 0. The number of carbonyl (C=O) groups excluding carboxylic acids is 3. The van der Waals surface area contributed by atoms with Crippen LogP contribution in [-0.2, 0) is 33.3 Å². The Bertz CT molecular complexity index is 1930. The van der Waals surface area contributed by atoms with E-state index in [-0.39, 0.29) is 32.7 Å². The Balaban J connectivity index is 4.25. The lowest BCUT2D eigenvalue weighted by atomic mass is 10.0. The maximum atomic E-state index is 12.9. The first-order chi connectivity index (χ1) is 39.6. The van der Waals surface area contributed by atoms with Crippen molar-refractivity contribution in [3.05, 3.63) is 170 Å². The van der Waals surface area contributed by atoms with Crippen LogP contribution in [0.2, 0.25) is 0 Å². The van der Waals surface area contributed by atoms with E-state index in [9.17, 15) is 19.5 Å². The van der Waals surface area contributed by atoms with Crippen molar-refractivity contribution in [2.45, 2.75) is 219 Å². The standard InChI is InChI=1S/C72H113NO8/c1-6-8-10-12-14-16-18-20-22-24-26-27-28-29-30-31-32-33-34-35-36-37-38-39-40-41-42-43-45-47-49-51-53-55-57-59-61-63-70(75)81-68(67-80-72(71(76)77)78-65-64-73(3,4)5)66-79-69(74)62-60-58-56-54-52-50-48-46-44-25-23-21-19-17-15-13-11-9-7-2/h8-11,14-17,20-23,26-27,29-30,32-33,35-36,38-39,44,46,50,52,56,58,68,72H,6-7,12-13,18-19,24-25,28,31,34,37,40-43,45,47-49,51,53-55,57,59-67H2,1-5H3/b10-8-,11-9-,16-14-,17-15-,22-20-,23-21-,27-26-,30-29-,33-32-,36-35-,39-38-,46-44-,52-50-,58-56-. The van der Waals surface area contributed by atoms with Crippen molar-refractivity contribution in [2.24, 2.45) is 0 Å². The summed E-state index contributed by atoms with van der Waals surface area (Å²) in [6.07, 6.45) is 88.6. The topological polar surface area (TPSA) is 111 Å². The van der Waals surface area contributed by atoms with Crippen molar-refractivity contribution in [1.29, 1.82) is 0 Å². The van der Waals surface area contributed by atoms with Gasteiger partial charge in [0.05, 0.1) is 40.3 Å². The number of rotatable bonds is 55. The van der Waals surface area contributed by atoms with Gasteiger partial charge in [-0.1, -0.05) is 248 Å². The van der Waals surface area contributed by atoms with Gasteiger partial charge in [0.2, 0.25) is 0 Å². The van der Waals surface area contributed by atoms with Gasteiger partial charge in [-0.15, -0.1) is 0 Å². The van der Waals surface area contributed by atoms with Crippen LogP contribution in [0.3, 0.4) is 0 Å². The molecule has 0 aliphatic carbocycles. The van der Waals surface area contributed by atoms with Gasteiger partial charge < -0.3 is 33.3 Å². The molecule has 9 nitrogen and oxygen atoms in total. The van der Waals surface area contributed by atoms with Gasteiger partial charge in [-0.2, -0.15) is 0 Å². The molecule has 0 aromatic heterocycles. The summed E-state index contributed by atoms with van der Waals surface area (Å²) in [7, 11) is 5.89. The number of quaternary nitrogens is 1. The first kappa shape index (κ1) is 75.7. The van der Waals surface area contributed by atoms with Gasteiger partial charge in [-0.25, -0.2) is 0 Å². The third-order valence-electron chi connectivity index (χ3n) is 12.5. The molecule has 2 unspecified atom stereocenters. The zero-order chi connectivity index (χ0) is 59.1. The largest absolute Gasteiger partial charge is 0.545 e. The second kappa shape index (κ2) is 60.7. The Morgan fingerprint density at radius 1 is 0.370 bits per heavy atom. The lowest BCUT2D eigenvalue weighted by Crippen LogP contribution is -2.44. The van der Waals surface area contributed by atoms with E-state index in [1.807, 2.05) is 33.3 Å². The molecule has 0 saturated heterocycles. The molecule has 454 valence electrons. The molecule has 0 aromatic rings. The number of likely N-dealkylation sites (N-methyl/N-ethyl adjacent to an activating group) is 1. The van der Waals surface area contributed by atoms with Crippen LogP contribution >= 0.6 is 0 Å². The summed E-state index contributed by atoms with van der Waals surface area (Å²) >= 11 is 0. The zero-order valence-corrected chi connectivity index (χ0v) is 51.6. The summed E-state index contributed by atoms with van der Waals surface area (Å²) < 4.78 is 22.6. The minimum absolute atomic E-state index is 0.127. The van der Waals surface area contributed by atoms with Crippen LogP contribution < -0.4 is 5.11 Å². The van der Waals surface area contributed by atoms with Gasteiger partial charge in [0.25, 0.3) is 0 Å². The number of aliphatic carboxylic acids is 1. The SMILES string of the molecule is CC/C=C\C/C=C\C/C=C\C/C=C\C/C=C\C/C=C\C/C=C\C/C=C\CCCCCCCCCCCCCCC(=O)OC(COC(=O)CC/C=C\C/C=C\C/C=C\C/C=C\C/C=C\C/C=C\CC)COC(OCC[N+](C)(C)C)C(=O)[O-]. The van der Waals surface area contributed by atoms with E-state index in [1.165, 1.54) is 51.4 Å². The molecule has 0 spiro atoms. The summed E-state index contributed by atoms with van der Waals surface area (Å²) in [5.74, 6) is -2.42. The number of hydrogen-bond donors (Lipinski definition) is 0. The molecule has 0 radical (unpaired) electrons. The smallest absolute Gasteiger partial charge is 0.306 e. The molecule has 0 rings (SSSR count). The molecule has 0 bridgehead atoms. The molecule has 0 heterocycles. The second-order valence-corrected chi connectivity index (χ2v) is 21.2. The molecule has 2 atom stereocenters. The average molecular weight is 1120 g/mol. The maximum Gasteiger partial charge on any atom is 0.306 e. The molecular formula is C72H113NO8. The number of carboxylic acids is 1. The van der Waals surface area contributed by atoms with Gasteiger partial charge in [0.1, 0.15) is 13.2 Å². The van der Waals surface area contributed by atoms with Crippen LogP contribution in [0.5, 0.6) is 0 Å². The summed E-state index contributed by atoms with van der Waals surface area (Å²) in [6.45, 7) is 4.40. The Hall–Kier alpha value is -5.35. The normalized spacial score (nSPS) is 13.9. The highest BCUT2D eigenvalue weighted by Gasteiger charge is 2.21. The van der Waals surface area contributed by atoms with Crippen molar-refractivity contribution in [1.82, 2.24) is 0 Å². The maximum absolute atomic E-state index is 12.9. The highest BCUT2D eigenvalue weighted by Crippen LogP contribution is 2.15. The third kappa shape index (κ3) is 62.1. The molecule has 81 heavy (non-hydrogen) atoms. The van der Waals surface area contributed by atoms with Gasteiger partial charge in [-0.3, -0.25) is 9.59 Å². The third-order valence-corrected chi connectivity index (χ3v) is 12.5. The van der Waals surface area contributed by atoms with Gasteiger partial charge in [-0.05, 0) is 116 Å². The van der Waals surface area contributed by atoms with E-state index in [1.54, 1.807) is 0 Å². The van der Waals surface area contributed by atoms with E-state index in [0.29, 0.717) is 23.9 Å². The second-order valence-electron chi connectivity index (χ2n) is 21.2. The fourth-order valence-electron chi connectivity index (χ4n) is 7.75. The van der Waals surface area contributed by atoms with Crippen molar-refractivity contribution >= 4 is 17.9 Å². The number of esters is 2. The number of carboxylic acid groups (broad SMARTS) is 1. The van der Waals surface area contributed by atoms with Crippen LogP contribution in [0.25, 0.3) is 0 Å². The molecule has 0 saturated carbocycles. The molecule has 0 N–H and O–H groups in total. The molecule has 0 fully saturated rings. The number of carbonyl (C=O) groups is 3. The highest BCUT2D eigenvalue weighted by molar-refractivity contribution is 5.70. The van der Waals surface area contributed by atoms with Gasteiger partial charge in [0.15, 0.2) is 12.4 Å². The molecule has 0 amide bonds. The first-order valence-corrected chi connectivity index (χ1v) is 31.3. The Kier molecular flexibility index (Phi) is 56.7. The summed E-state index contributed by atoms with van der Waals surface area (Å²) in [6, 6.07) is 0. The van der Waals surface area contributed by atoms with E-state index < -0.39 is 30.3 Å². The minimum Gasteiger partial charge on any atom is -0.545 e. The lowest BCUT2D eigenvalue weighted by Gasteiger charge is -2.26. The number of nitrogens with zero attached hydrogens (tertiary/aromatic N) is 1. The predicted octanol–water partition coefficient (Wildman–Crippen LogP) is 17.8. The van der Waals surface area contributed by atoms with E-state index in [4.69, 9.17) is 18.9 Å². The fraction of sp³-hybridized carbons (Fsp3) is 0.569. The van der Waals surface area contributed by atoms with Gasteiger partial charge >= 0.3 is 11.9 Å². The fourth-order valence-corrected chi connectivity index (χ4v) is 7.75. The lowest BCUT2D eigenvalue weighted by molar-refractivity contribution is -0.870. The number of ether oxygens (including phenoxy) is 4. The number of allylic oxidation sites excluding steroid dienone is 28. The first-order valence-electron chi connectivity index (χ1n) is 31.3. The van der Waals surface area contributed by atoms with Gasteiger partial charge in [0, 0.05) is 12.8 Å². The van der Waals surface area contributed by atoms with Crippen LogP contribution in [0.1, 0.15) is 206 Å². The molecule has 0 aliphatic heterocycles. The molecule has 0 aromatic carbocycles. The average Bonchev–Trinajstić information content (AvgIpc) is 3.44. The number of hydrogen-bond acceptors (Lipinski definition) is 8. The molecule has 9 heteroatoms.